The molecule has 1 aromatic rings. The van der Waals surface area contributed by atoms with Crippen molar-refractivity contribution in [2.45, 2.75) is 31.7 Å². The van der Waals surface area contributed by atoms with E-state index in [0.717, 1.165) is 31.7 Å². The third-order valence-corrected chi connectivity index (χ3v) is 3.55. The van der Waals surface area contributed by atoms with E-state index in [1.807, 2.05) is 0 Å². The summed E-state index contributed by atoms with van der Waals surface area (Å²) in [5, 5.41) is 20.5. The van der Waals surface area contributed by atoms with Gasteiger partial charge < -0.3 is 10.8 Å². The van der Waals surface area contributed by atoms with Crippen molar-refractivity contribution in [2.75, 3.05) is 0 Å². The summed E-state index contributed by atoms with van der Waals surface area (Å²) in [6.07, 6.45) is 3.92. The molecule has 98 valence electrons. The second-order valence-corrected chi connectivity index (χ2v) is 4.69. The molecule has 0 amide bonds. The highest BCUT2D eigenvalue weighted by atomic mass is 19.1. The third kappa shape index (κ3) is 2.28. The van der Waals surface area contributed by atoms with Crippen molar-refractivity contribution >= 4 is 5.69 Å². The number of hydrogen-bond donors (Lipinski definition) is 2. The standard InChI is InChI=1S/C12H15FN2O3/c13-8-5-9(11(14)7-3-1-2-4-7)12(16)10(6-8)15(17)18/h5-7,11,16H,1-4,14H2/t11-/m1/s1. The zero-order valence-corrected chi connectivity index (χ0v) is 9.80. The zero-order chi connectivity index (χ0) is 13.3. The molecule has 0 bridgehead atoms. The van der Waals surface area contributed by atoms with E-state index in [9.17, 15) is 19.6 Å². The van der Waals surface area contributed by atoms with Gasteiger partial charge in [0.1, 0.15) is 5.82 Å². The molecule has 1 aliphatic carbocycles. The van der Waals surface area contributed by atoms with Gasteiger partial charge in [0.2, 0.25) is 0 Å². The van der Waals surface area contributed by atoms with E-state index in [0.29, 0.717) is 6.07 Å². The van der Waals surface area contributed by atoms with E-state index in [-0.39, 0.29) is 11.5 Å². The highest BCUT2D eigenvalue weighted by molar-refractivity contribution is 5.52. The van der Waals surface area contributed by atoms with Gasteiger partial charge in [-0.05, 0) is 24.8 Å². The van der Waals surface area contributed by atoms with E-state index in [1.54, 1.807) is 0 Å². The highest BCUT2D eigenvalue weighted by Crippen LogP contribution is 2.40. The maximum Gasteiger partial charge on any atom is 0.313 e. The summed E-state index contributed by atoms with van der Waals surface area (Å²) in [4.78, 5) is 9.91. The van der Waals surface area contributed by atoms with Gasteiger partial charge in [0.05, 0.1) is 11.0 Å². The van der Waals surface area contributed by atoms with E-state index in [1.165, 1.54) is 0 Å². The molecule has 6 heteroatoms. The van der Waals surface area contributed by atoms with Crippen LogP contribution < -0.4 is 5.73 Å². The van der Waals surface area contributed by atoms with Gasteiger partial charge in [-0.1, -0.05) is 12.8 Å². The Kier molecular flexibility index (Phi) is 3.47. The first-order chi connectivity index (χ1) is 8.50. The molecule has 2 rings (SSSR count). The second-order valence-electron chi connectivity index (χ2n) is 4.69. The third-order valence-electron chi connectivity index (χ3n) is 3.55. The van der Waals surface area contributed by atoms with Gasteiger partial charge in [-0.2, -0.15) is 0 Å². The molecule has 3 N–H and O–H groups in total. The largest absolute Gasteiger partial charge is 0.502 e. The Labute approximate surface area is 104 Å². The fourth-order valence-corrected chi connectivity index (χ4v) is 2.57. The van der Waals surface area contributed by atoms with Crippen molar-refractivity contribution in [1.29, 1.82) is 0 Å². The van der Waals surface area contributed by atoms with Crippen LogP contribution in [0, 0.1) is 21.8 Å². The quantitative estimate of drug-likeness (QED) is 0.641. The number of nitro groups is 1. The van der Waals surface area contributed by atoms with E-state index in [2.05, 4.69) is 0 Å². The molecule has 0 unspecified atom stereocenters. The topological polar surface area (TPSA) is 89.4 Å². The molecule has 1 aromatic carbocycles. The summed E-state index contributed by atoms with van der Waals surface area (Å²) in [7, 11) is 0. The molecule has 0 aliphatic heterocycles. The van der Waals surface area contributed by atoms with Crippen LogP contribution in [0.2, 0.25) is 0 Å². The molecule has 18 heavy (non-hydrogen) atoms. The molecule has 1 atom stereocenters. The Morgan fingerprint density at radius 3 is 2.61 bits per heavy atom. The Hall–Kier alpha value is -1.69. The number of rotatable bonds is 3. The molecule has 0 spiro atoms. The van der Waals surface area contributed by atoms with E-state index in [4.69, 9.17) is 5.73 Å². The van der Waals surface area contributed by atoms with E-state index < -0.39 is 28.2 Å². The maximum absolute atomic E-state index is 13.3. The minimum Gasteiger partial charge on any atom is -0.502 e. The molecule has 5 nitrogen and oxygen atoms in total. The Morgan fingerprint density at radius 1 is 1.44 bits per heavy atom. The molecule has 1 fully saturated rings. The molecule has 0 aromatic heterocycles. The lowest BCUT2D eigenvalue weighted by molar-refractivity contribution is -0.386. The average molecular weight is 254 g/mol. The van der Waals surface area contributed by atoms with Crippen LogP contribution in [0.3, 0.4) is 0 Å². The van der Waals surface area contributed by atoms with Crippen LogP contribution >= 0.6 is 0 Å². The number of nitrogens with zero attached hydrogens (tertiary/aromatic N) is 1. The minimum atomic E-state index is -0.802. The van der Waals surface area contributed by atoms with Gasteiger partial charge in [-0.15, -0.1) is 0 Å². The number of phenols is 1. The van der Waals surface area contributed by atoms with E-state index >= 15 is 0 Å². The first kappa shape index (κ1) is 12.8. The maximum atomic E-state index is 13.3. The summed E-state index contributed by atoms with van der Waals surface area (Å²) < 4.78 is 13.3. The number of aromatic hydroxyl groups is 1. The van der Waals surface area contributed by atoms with Crippen LogP contribution in [0.25, 0.3) is 0 Å². The Morgan fingerprint density at radius 2 is 2.06 bits per heavy atom. The smallest absolute Gasteiger partial charge is 0.313 e. The molecule has 0 saturated heterocycles. The van der Waals surface area contributed by atoms with Crippen molar-refractivity contribution < 1.29 is 14.4 Å². The predicted molar refractivity (Wildman–Crippen MR) is 63.6 cm³/mol. The molecule has 0 radical (unpaired) electrons. The van der Waals surface area contributed by atoms with Crippen LogP contribution in [-0.2, 0) is 0 Å². The Bertz CT molecular complexity index is 473. The van der Waals surface area contributed by atoms with Gasteiger partial charge in [0, 0.05) is 11.6 Å². The number of nitro benzene ring substituents is 1. The second kappa shape index (κ2) is 4.89. The summed E-state index contributed by atoms with van der Waals surface area (Å²) >= 11 is 0. The monoisotopic (exact) mass is 254 g/mol. The lowest BCUT2D eigenvalue weighted by Crippen LogP contribution is -2.19. The first-order valence-corrected chi connectivity index (χ1v) is 5.93. The van der Waals surface area contributed by atoms with Crippen LogP contribution in [0.5, 0.6) is 5.75 Å². The molecular formula is C12H15FN2O3. The van der Waals surface area contributed by atoms with Gasteiger partial charge in [0.15, 0.2) is 5.75 Å². The lowest BCUT2D eigenvalue weighted by Gasteiger charge is -2.20. The number of hydrogen-bond acceptors (Lipinski definition) is 4. The SMILES string of the molecule is N[C@@H](c1cc(F)cc([N+](=O)[O-])c1O)C1CCCC1. The minimum absolute atomic E-state index is 0.133. The average Bonchev–Trinajstić information content (AvgIpc) is 2.84. The molecule has 0 heterocycles. The van der Waals surface area contributed by atoms with Crippen LogP contribution in [0.15, 0.2) is 12.1 Å². The number of phenolic OH excluding ortho intramolecular Hbond substituents is 1. The van der Waals surface area contributed by atoms with Crippen molar-refractivity contribution in [3.63, 3.8) is 0 Å². The van der Waals surface area contributed by atoms with Crippen molar-refractivity contribution in [2.24, 2.45) is 11.7 Å². The summed E-state index contributed by atoms with van der Waals surface area (Å²) in [6.45, 7) is 0. The van der Waals surface area contributed by atoms with Crippen LogP contribution in [-0.4, -0.2) is 10.0 Å². The molecule has 1 saturated carbocycles. The van der Waals surface area contributed by atoms with Crippen molar-refractivity contribution in [3.8, 4) is 5.75 Å². The predicted octanol–water partition coefficient (Wildman–Crippen LogP) is 2.63. The Balaban J connectivity index is 2.40. The molecular weight excluding hydrogens is 239 g/mol. The normalized spacial score (nSPS) is 17.9. The number of halogens is 1. The van der Waals surface area contributed by atoms with Crippen molar-refractivity contribution in [3.05, 3.63) is 33.6 Å². The van der Waals surface area contributed by atoms with Crippen LogP contribution in [0.4, 0.5) is 10.1 Å². The summed E-state index contributed by atoms with van der Waals surface area (Å²) in [6, 6.07) is 1.24. The van der Waals surface area contributed by atoms with Crippen molar-refractivity contribution in [1.82, 2.24) is 0 Å². The van der Waals surface area contributed by atoms with Gasteiger partial charge in [-0.3, -0.25) is 10.1 Å². The summed E-state index contributed by atoms with van der Waals surface area (Å²) in [5.74, 6) is -1.11. The lowest BCUT2D eigenvalue weighted by atomic mass is 9.91. The summed E-state index contributed by atoms with van der Waals surface area (Å²) in [5.41, 5.74) is 5.50. The van der Waals surface area contributed by atoms with Gasteiger partial charge >= 0.3 is 5.69 Å². The number of nitrogens with two attached hydrogens (primary N) is 1. The highest BCUT2D eigenvalue weighted by Gasteiger charge is 2.29. The van der Waals surface area contributed by atoms with Gasteiger partial charge in [-0.25, -0.2) is 4.39 Å². The zero-order valence-electron chi connectivity index (χ0n) is 9.80. The number of benzene rings is 1. The fourth-order valence-electron chi connectivity index (χ4n) is 2.57. The van der Waals surface area contributed by atoms with Crippen LogP contribution in [0.1, 0.15) is 37.3 Å². The first-order valence-electron chi connectivity index (χ1n) is 5.93. The fraction of sp³-hybridized carbons (Fsp3) is 0.500. The molecule has 1 aliphatic rings. The van der Waals surface area contributed by atoms with Gasteiger partial charge in [0.25, 0.3) is 0 Å².